The summed E-state index contributed by atoms with van der Waals surface area (Å²) in [6, 6.07) is 17.1. The molecular weight excluding hydrogens is 477 g/mol. The Balaban J connectivity index is 1.60. The molecule has 1 unspecified atom stereocenters. The van der Waals surface area contributed by atoms with Crippen molar-refractivity contribution in [3.05, 3.63) is 91.6 Å². The van der Waals surface area contributed by atoms with E-state index in [1.165, 1.54) is 11.8 Å². The molecule has 1 aliphatic carbocycles. The molecule has 33 heavy (non-hydrogen) atoms. The first kappa shape index (κ1) is 23.4. The number of nitriles is 1. The van der Waals surface area contributed by atoms with E-state index in [0.29, 0.717) is 51.2 Å². The number of allylic oxidation sites excluding steroid dienone is 3. The van der Waals surface area contributed by atoms with Crippen LogP contribution < -0.4 is 10.6 Å². The van der Waals surface area contributed by atoms with Crippen LogP contribution in [0.1, 0.15) is 36.3 Å². The Morgan fingerprint density at radius 3 is 2.70 bits per heavy atom. The number of nitrogens with zero attached hydrogens (tertiary/aromatic N) is 1. The Kier molecular flexibility index (Phi) is 7.44. The molecule has 2 N–H and O–H groups in total. The van der Waals surface area contributed by atoms with Crippen LogP contribution in [-0.4, -0.2) is 17.4 Å². The van der Waals surface area contributed by atoms with Crippen LogP contribution in [0.4, 0.5) is 0 Å². The monoisotopic (exact) mass is 497 g/mol. The second-order valence-corrected chi connectivity index (χ2v) is 9.55. The van der Waals surface area contributed by atoms with Gasteiger partial charge in [-0.3, -0.25) is 9.59 Å². The lowest BCUT2D eigenvalue weighted by Gasteiger charge is -2.33. The zero-order chi connectivity index (χ0) is 23.4. The summed E-state index contributed by atoms with van der Waals surface area (Å²) >= 11 is 14.0. The molecule has 0 fully saturated rings. The number of thioether (sulfide) groups is 1. The summed E-state index contributed by atoms with van der Waals surface area (Å²) < 4.78 is 0. The summed E-state index contributed by atoms with van der Waals surface area (Å²) in [4.78, 5) is 25.4. The van der Waals surface area contributed by atoms with Gasteiger partial charge in [-0.25, -0.2) is 0 Å². The van der Waals surface area contributed by atoms with E-state index in [1.807, 2.05) is 30.3 Å². The summed E-state index contributed by atoms with van der Waals surface area (Å²) in [5, 5.41) is 17.5. The molecule has 5 nitrogen and oxygen atoms in total. The Morgan fingerprint density at radius 2 is 1.94 bits per heavy atom. The van der Waals surface area contributed by atoms with Crippen LogP contribution in [0.25, 0.3) is 0 Å². The number of carbonyl (C=O) groups is 2. The van der Waals surface area contributed by atoms with E-state index in [1.54, 1.807) is 18.2 Å². The molecule has 168 valence electrons. The number of ketones is 1. The first-order chi connectivity index (χ1) is 16.0. The smallest absolute Gasteiger partial charge is 0.230 e. The van der Waals surface area contributed by atoms with Crippen molar-refractivity contribution in [2.45, 2.75) is 31.7 Å². The Labute approximate surface area is 206 Å². The average Bonchev–Trinajstić information content (AvgIpc) is 2.83. The number of rotatable bonds is 6. The van der Waals surface area contributed by atoms with Gasteiger partial charge in [0.15, 0.2) is 5.78 Å². The lowest BCUT2D eigenvalue weighted by atomic mass is 9.77. The maximum absolute atomic E-state index is 12.9. The number of dihydropyridines is 1. The Morgan fingerprint density at radius 1 is 1.15 bits per heavy atom. The molecule has 0 bridgehead atoms. The van der Waals surface area contributed by atoms with Crippen LogP contribution in [0.2, 0.25) is 10.0 Å². The van der Waals surface area contributed by atoms with Gasteiger partial charge in [-0.1, -0.05) is 77.4 Å². The average molecular weight is 498 g/mol. The van der Waals surface area contributed by atoms with Crippen molar-refractivity contribution in [1.29, 1.82) is 5.26 Å². The molecule has 2 aliphatic rings. The molecule has 0 spiro atoms. The molecule has 0 radical (unpaired) electrons. The number of benzene rings is 2. The zero-order valence-corrected chi connectivity index (χ0v) is 20.0. The van der Waals surface area contributed by atoms with E-state index in [-0.39, 0.29) is 17.4 Å². The molecule has 2 aromatic rings. The summed E-state index contributed by atoms with van der Waals surface area (Å²) in [6.45, 7) is 0.433. The minimum absolute atomic E-state index is 0.00203. The van der Waals surface area contributed by atoms with Crippen molar-refractivity contribution in [2.75, 3.05) is 5.75 Å². The topological polar surface area (TPSA) is 82.0 Å². The number of hydrogen-bond donors (Lipinski definition) is 2. The highest BCUT2D eigenvalue weighted by Gasteiger charge is 2.38. The highest BCUT2D eigenvalue weighted by Crippen LogP contribution is 2.46. The van der Waals surface area contributed by atoms with E-state index in [2.05, 4.69) is 16.7 Å². The van der Waals surface area contributed by atoms with Gasteiger partial charge in [-0.2, -0.15) is 5.26 Å². The van der Waals surface area contributed by atoms with Gasteiger partial charge in [0.05, 0.1) is 38.4 Å². The van der Waals surface area contributed by atoms with E-state index in [4.69, 9.17) is 23.2 Å². The van der Waals surface area contributed by atoms with Crippen LogP contribution in [0.5, 0.6) is 0 Å². The zero-order valence-electron chi connectivity index (χ0n) is 17.7. The fourth-order valence-corrected chi connectivity index (χ4v) is 5.39. The first-order valence-electron chi connectivity index (χ1n) is 10.5. The van der Waals surface area contributed by atoms with Crippen LogP contribution in [0.3, 0.4) is 0 Å². The summed E-state index contributed by atoms with van der Waals surface area (Å²) in [7, 11) is 0. The van der Waals surface area contributed by atoms with Crippen molar-refractivity contribution in [3.63, 3.8) is 0 Å². The Hall–Kier alpha value is -2.72. The van der Waals surface area contributed by atoms with Crippen LogP contribution in [-0.2, 0) is 16.1 Å². The van der Waals surface area contributed by atoms with Gasteiger partial charge in [-0.15, -0.1) is 0 Å². The number of amides is 1. The number of nitrogens with one attached hydrogen (secondary N) is 2. The van der Waals surface area contributed by atoms with Crippen LogP contribution in [0, 0.1) is 11.3 Å². The highest BCUT2D eigenvalue weighted by atomic mass is 35.5. The number of hydrogen-bond acceptors (Lipinski definition) is 5. The van der Waals surface area contributed by atoms with Crippen LogP contribution in [0.15, 0.2) is 70.4 Å². The van der Waals surface area contributed by atoms with Crippen molar-refractivity contribution in [1.82, 2.24) is 10.6 Å². The molecular formula is C25H21Cl2N3O2S. The summed E-state index contributed by atoms with van der Waals surface area (Å²) in [6.07, 6.45) is 1.86. The standard InChI is InChI=1S/C25H21Cl2N3O2S/c26-18-9-4-8-16(24(18)27)22-17(12-28)25(30-19-10-5-11-20(31)23(19)22)33-14-21(32)29-13-15-6-2-1-3-7-15/h1-4,6-9,22,30H,5,10-11,13-14H2,(H,29,32). The van der Waals surface area contributed by atoms with E-state index < -0.39 is 5.92 Å². The molecule has 8 heteroatoms. The maximum Gasteiger partial charge on any atom is 0.230 e. The van der Waals surface area contributed by atoms with Gasteiger partial charge < -0.3 is 10.6 Å². The quantitative estimate of drug-likeness (QED) is 0.552. The molecule has 1 heterocycles. The van der Waals surface area contributed by atoms with E-state index >= 15 is 0 Å². The fourth-order valence-electron chi connectivity index (χ4n) is 4.08. The Bertz CT molecular complexity index is 1200. The van der Waals surface area contributed by atoms with Crippen LogP contribution >= 0.6 is 35.0 Å². The van der Waals surface area contributed by atoms with Crippen molar-refractivity contribution in [2.24, 2.45) is 0 Å². The number of carbonyl (C=O) groups excluding carboxylic acids is 2. The lowest BCUT2D eigenvalue weighted by molar-refractivity contribution is -0.119. The van der Waals surface area contributed by atoms with Gasteiger partial charge in [0.25, 0.3) is 0 Å². The molecule has 0 saturated heterocycles. The van der Waals surface area contributed by atoms with Gasteiger partial charge in [-0.05, 0) is 30.0 Å². The lowest BCUT2D eigenvalue weighted by Crippen LogP contribution is -2.32. The number of halogens is 2. The van der Waals surface area contributed by atoms with Gasteiger partial charge in [0.1, 0.15) is 0 Å². The van der Waals surface area contributed by atoms with Gasteiger partial charge in [0, 0.05) is 24.2 Å². The molecule has 1 atom stereocenters. The molecule has 0 saturated carbocycles. The third-order valence-corrected chi connectivity index (χ3v) is 7.49. The van der Waals surface area contributed by atoms with Gasteiger partial charge >= 0.3 is 0 Å². The minimum Gasteiger partial charge on any atom is -0.352 e. The van der Waals surface area contributed by atoms with E-state index in [0.717, 1.165) is 17.7 Å². The van der Waals surface area contributed by atoms with Gasteiger partial charge in [0.2, 0.25) is 5.91 Å². The molecule has 4 rings (SSSR count). The predicted octanol–water partition coefficient (Wildman–Crippen LogP) is 5.47. The molecule has 0 aromatic heterocycles. The van der Waals surface area contributed by atoms with Crippen molar-refractivity contribution < 1.29 is 9.59 Å². The normalized spacial score (nSPS) is 17.8. The molecule has 1 amide bonds. The second-order valence-electron chi connectivity index (χ2n) is 7.78. The SMILES string of the molecule is N#CC1=C(SCC(=O)NCc2ccccc2)NC2=C(C(=O)CCC2)C1c1cccc(Cl)c1Cl. The van der Waals surface area contributed by atoms with Crippen molar-refractivity contribution in [3.8, 4) is 6.07 Å². The summed E-state index contributed by atoms with van der Waals surface area (Å²) in [5.74, 6) is -0.623. The molecule has 2 aromatic carbocycles. The third-order valence-electron chi connectivity index (χ3n) is 5.64. The number of Topliss-reactive ketones (excluding diaryl/α,β-unsaturated/α-hetero) is 1. The third kappa shape index (κ3) is 5.11. The molecule has 1 aliphatic heterocycles. The van der Waals surface area contributed by atoms with Crippen molar-refractivity contribution >= 4 is 46.7 Å². The highest BCUT2D eigenvalue weighted by molar-refractivity contribution is 8.03. The maximum atomic E-state index is 12.9. The largest absolute Gasteiger partial charge is 0.352 e. The first-order valence-corrected chi connectivity index (χ1v) is 12.3. The second kappa shape index (κ2) is 10.5. The summed E-state index contributed by atoms with van der Waals surface area (Å²) in [5.41, 5.74) is 3.36. The predicted molar refractivity (Wildman–Crippen MR) is 132 cm³/mol. The minimum atomic E-state index is -0.611. The fraction of sp³-hybridized carbons (Fsp3) is 0.240. The van der Waals surface area contributed by atoms with E-state index in [9.17, 15) is 14.9 Å².